The number of hydrogen-bond acceptors (Lipinski definition) is 4. The van der Waals surface area contributed by atoms with Crippen LogP contribution in [0.15, 0.2) is 42.6 Å². The van der Waals surface area contributed by atoms with Crippen LogP contribution in [0.3, 0.4) is 0 Å². The van der Waals surface area contributed by atoms with Crippen LogP contribution in [-0.2, 0) is 13.0 Å². The molecule has 3 rings (SSSR count). The molecule has 0 atom stereocenters. The van der Waals surface area contributed by atoms with Crippen molar-refractivity contribution in [2.45, 2.75) is 33.7 Å². The smallest absolute Gasteiger partial charge is 0.272 e. The Morgan fingerprint density at radius 2 is 1.96 bits per heavy atom. The van der Waals surface area contributed by atoms with Gasteiger partial charge in [0.2, 0.25) is 5.88 Å². The van der Waals surface area contributed by atoms with Crippen molar-refractivity contribution in [3.8, 4) is 11.6 Å². The van der Waals surface area contributed by atoms with Gasteiger partial charge in [-0.05, 0) is 43.5 Å². The highest BCUT2D eigenvalue weighted by molar-refractivity contribution is 5.92. The number of carbonyl (C=O) groups excluding carboxylic acids is 1. The first kappa shape index (κ1) is 17.7. The average molecular weight is 350 g/mol. The quantitative estimate of drug-likeness (QED) is 0.710. The molecule has 0 bridgehead atoms. The lowest BCUT2D eigenvalue weighted by Gasteiger charge is -2.14. The van der Waals surface area contributed by atoms with Crippen molar-refractivity contribution in [1.82, 2.24) is 20.5 Å². The van der Waals surface area contributed by atoms with Crippen LogP contribution in [-0.4, -0.2) is 21.1 Å². The number of aromatic nitrogens is 3. The van der Waals surface area contributed by atoms with Crippen LogP contribution in [0.5, 0.6) is 11.6 Å². The van der Waals surface area contributed by atoms with E-state index in [1.54, 1.807) is 12.3 Å². The summed E-state index contributed by atoms with van der Waals surface area (Å²) < 4.78 is 6.05. The second-order valence-corrected chi connectivity index (χ2v) is 6.11. The molecule has 2 aromatic heterocycles. The first-order valence-corrected chi connectivity index (χ1v) is 8.59. The minimum Gasteiger partial charge on any atom is -0.438 e. The number of para-hydroxylation sites is 1. The van der Waals surface area contributed by atoms with Crippen LogP contribution in [0, 0.1) is 13.8 Å². The van der Waals surface area contributed by atoms with Crippen molar-refractivity contribution >= 4 is 5.91 Å². The van der Waals surface area contributed by atoms with Gasteiger partial charge in [0.15, 0.2) is 0 Å². The third kappa shape index (κ3) is 3.91. The molecule has 26 heavy (non-hydrogen) atoms. The van der Waals surface area contributed by atoms with E-state index in [4.69, 9.17) is 4.74 Å². The zero-order valence-corrected chi connectivity index (χ0v) is 15.2. The molecule has 1 amide bonds. The van der Waals surface area contributed by atoms with Gasteiger partial charge in [-0.2, -0.15) is 5.10 Å². The monoisotopic (exact) mass is 350 g/mol. The molecule has 6 heteroatoms. The predicted molar refractivity (Wildman–Crippen MR) is 99.4 cm³/mol. The van der Waals surface area contributed by atoms with Crippen LogP contribution in [0.1, 0.15) is 39.8 Å². The number of rotatable bonds is 6. The van der Waals surface area contributed by atoms with Crippen molar-refractivity contribution in [3.05, 3.63) is 70.7 Å². The van der Waals surface area contributed by atoms with Gasteiger partial charge in [0.05, 0.1) is 0 Å². The molecular formula is C20H22N4O2. The average Bonchev–Trinajstić information content (AvgIpc) is 3.13. The Hall–Kier alpha value is -3.15. The maximum atomic E-state index is 12.3. The topological polar surface area (TPSA) is 79.9 Å². The normalized spacial score (nSPS) is 10.6. The molecule has 0 aliphatic rings. The summed E-state index contributed by atoms with van der Waals surface area (Å²) in [4.78, 5) is 16.6. The fraction of sp³-hybridized carbons (Fsp3) is 0.250. The summed E-state index contributed by atoms with van der Waals surface area (Å²) in [6.07, 6.45) is 2.48. The number of nitrogens with zero attached hydrogens (tertiary/aromatic N) is 2. The van der Waals surface area contributed by atoms with E-state index in [-0.39, 0.29) is 5.91 Å². The summed E-state index contributed by atoms with van der Waals surface area (Å²) in [6.45, 7) is 6.30. The molecule has 0 aliphatic carbocycles. The maximum absolute atomic E-state index is 12.3. The van der Waals surface area contributed by atoms with Crippen LogP contribution in [0.25, 0.3) is 0 Å². The van der Waals surface area contributed by atoms with Crippen molar-refractivity contribution in [3.63, 3.8) is 0 Å². The second kappa shape index (κ2) is 7.82. The van der Waals surface area contributed by atoms with Gasteiger partial charge >= 0.3 is 0 Å². The van der Waals surface area contributed by atoms with Gasteiger partial charge in [-0.15, -0.1) is 0 Å². The minimum atomic E-state index is -0.233. The van der Waals surface area contributed by atoms with Crippen molar-refractivity contribution in [2.75, 3.05) is 0 Å². The van der Waals surface area contributed by atoms with Gasteiger partial charge in [-0.3, -0.25) is 9.89 Å². The third-order valence-electron chi connectivity index (χ3n) is 4.14. The van der Waals surface area contributed by atoms with Crippen LogP contribution >= 0.6 is 0 Å². The van der Waals surface area contributed by atoms with Crippen molar-refractivity contribution in [1.29, 1.82) is 0 Å². The number of carbonyl (C=O) groups is 1. The fourth-order valence-corrected chi connectivity index (χ4v) is 2.63. The molecule has 0 unspecified atom stereocenters. The highest BCUT2D eigenvalue weighted by atomic mass is 16.5. The second-order valence-electron chi connectivity index (χ2n) is 6.11. The van der Waals surface area contributed by atoms with E-state index in [1.165, 1.54) is 0 Å². The third-order valence-corrected chi connectivity index (χ3v) is 4.14. The van der Waals surface area contributed by atoms with E-state index in [0.29, 0.717) is 18.1 Å². The zero-order chi connectivity index (χ0) is 18.5. The van der Waals surface area contributed by atoms with Gasteiger partial charge in [0, 0.05) is 24.0 Å². The first-order chi connectivity index (χ1) is 12.6. The lowest BCUT2D eigenvalue weighted by molar-refractivity contribution is 0.0945. The summed E-state index contributed by atoms with van der Waals surface area (Å²) >= 11 is 0. The Morgan fingerprint density at radius 3 is 2.65 bits per heavy atom. The number of nitrogens with one attached hydrogen (secondary N) is 2. The molecule has 6 nitrogen and oxygen atoms in total. The van der Waals surface area contributed by atoms with Crippen molar-refractivity contribution < 1.29 is 9.53 Å². The molecule has 0 saturated heterocycles. The first-order valence-electron chi connectivity index (χ1n) is 8.59. The van der Waals surface area contributed by atoms with Gasteiger partial charge < -0.3 is 10.1 Å². The molecule has 134 valence electrons. The van der Waals surface area contributed by atoms with E-state index < -0.39 is 0 Å². The number of H-pyrrole nitrogens is 1. The fourth-order valence-electron chi connectivity index (χ4n) is 2.63. The number of ether oxygens (including phenoxy) is 1. The summed E-state index contributed by atoms with van der Waals surface area (Å²) in [5.74, 6) is 1.04. The zero-order valence-electron chi connectivity index (χ0n) is 15.2. The van der Waals surface area contributed by atoms with E-state index >= 15 is 0 Å². The van der Waals surface area contributed by atoms with Gasteiger partial charge in [0.25, 0.3) is 5.91 Å². The number of amides is 1. The predicted octanol–water partition coefficient (Wildman–Crippen LogP) is 3.71. The Labute approximate surface area is 152 Å². The van der Waals surface area contributed by atoms with E-state index in [9.17, 15) is 4.79 Å². The molecule has 3 aromatic rings. The lowest BCUT2D eigenvalue weighted by Crippen LogP contribution is -2.23. The molecule has 2 heterocycles. The summed E-state index contributed by atoms with van der Waals surface area (Å²) in [6, 6.07) is 11.4. The van der Waals surface area contributed by atoms with Crippen LogP contribution in [0.2, 0.25) is 0 Å². The Balaban J connectivity index is 1.74. The number of hydrogen-bond donors (Lipinski definition) is 2. The largest absolute Gasteiger partial charge is 0.438 e. The SMILES string of the molecule is CCc1cc(C(=O)NCc2cccnc2Oc2c(C)cccc2C)n[nH]1. The molecule has 0 radical (unpaired) electrons. The molecule has 1 aromatic carbocycles. The van der Waals surface area contributed by atoms with Crippen LogP contribution < -0.4 is 10.1 Å². The maximum Gasteiger partial charge on any atom is 0.272 e. The van der Waals surface area contributed by atoms with Gasteiger partial charge in [-0.1, -0.05) is 31.2 Å². The highest BCUT2D eigenvalue weighted by Crippen LogP contribution is 2.29. The Bertz CT molecular complexity index is 897. The molecule has 0 fully saturated rings. The number of aryl methyl sites for hydroxylation is 3. The van der Waals surface area contributed by atoms with E-state index in [0.717, 1.165) is 34.6 Å². The van der Waals surface area contributed by atoms with Crippen molar-refractivity contribution in [2.24, 2.45) is 0 Å². The van der Waals surface area contributed by atoms with E-state index in [2.05, 4.69) is 20.5 Å². The summed E-state index contributed by atoms with van der Waals surface area (Å²) in [7, 11) is 0. The number of benzene rings is 1. The number of pyridine rings is 1. The Morgan fingerprint density at radius 1 is 1.19 bits per heavy atom. The summed E-state index contributed by atoms with van der Waals surface area (Å²) in [5, 5.41) is 9.74. The van der Waals surface area contributed by atoms with Gasteiger partial charge in [0.1, 0.15) is 11.4 Å². The molecule has 2 N–H and O–H groups in total. The number of aromatic amines is 1. The lowest BCUT2D eigenvalue weighted by atomic mass is 10.1. The summed E-state index contributed by atoms with van der Waals surface area (Å²) in [5.41, 5.74) is 4.18. The molecule has 0 spiro atoms. The molecule has 0 aliphatic heterocycles. The Kier molecular flexibility index (Phi) is 5.31. The van der Waals surface area contributed by atoms with Gasteiger partial charge in [-0.25, -0.2) is 4.98 Å². The van der Waals surface area contributed by atoms with E-state index in [1.807, 2.05) is 51.1 Å². The highest BCUT2D eigenvalue weighted by Gasteiger charge is 2.13. The molecular weight excluding hydrogens is 328 g/mol. The molecule has 0 saturated carbocycles. The standard InChI is InChI=1S/C20H22N4O2/c1-4-16-11-17(24-23-16)19(25)22-12-15-9-6-10-21-20(15)26-18-13(2)7-5-8-14(18)3/h5-11H,4,12H2,1-3H3,(H,22,25)(H,23,24). The van der Waals surface area contributed by atoms with Crippen LogP contribution in [0.4, 0.5) is 0 Å². The minimum absolute atomic E-state index is 0.233.